The standard InChI is InChI=1S/C18H32O2/c1-3-5-7-8-9-10-12-14-18(20)16-15-17(19)13-11-6-4-2/h6,11,15-17,19H,3-5,7-10,12-14H2,1-2H3/b11-6-,16-15+. The zero-order valence-corrected chi connectivity index (χ0v) is 13.3. The van der Waals surface area contributed by atoms with E-state index in [2.05, 4.69) is 13.8 Å². The van der Waals surface area contributed by atoms with Gasteiger partial charge in [0.1, 0.15) is 0 Å². The van der Waals surface area contributed by atoms with Crippen molar-refractivity contribution in [1.82, 2.24) is 0 Å². The van der Waals surface area contributed by atoms with E-state index in [1.165, 1.54) is 32.1 Å². The minimum absolute atomic E-state index is 0.136. The summed E-state index contributed by atoms with van der Waals surface area (Å²) >= 11 is 0. The number of rotatable bonds is 13. The lowest BCUT2D eigenvalue weighted by Gasteiger charge is -2.01. The van der Waals surface area contributed by atoms with E-state index in [4.69, 9.17) is 0 Å². The minimum atomic E-state index is -0.532. The number of carbonyl (C=O) groups excluding carboxylic acids is 1. The maximum absolute atomic E-state index is 11.6. The van der Waals surface area contributed by atoms with Crippen molar-refractivity contribution in [3.05, 3.63) is 24.3 Å². The van der Waals surface area contributed by atoms with Crippen molar-refractivity contribution in [1.29, 1.82) is 0 Å². The molecule has 1 unspecified atom stereocenters. The third kappa shape index (κ3) is 13.5. The first kappa shape index (κ1) is 19.1. The van der Waals surface area contributed by atoms with Crippen LogP contribution in [0.4, 0.5) is 0 Å². The lowest BCUT2D eigenvalue weighted by molar-refractivity contribution is -0.114. The number of aliphatic hydroxyl groups is 1. The van der Waals surface area contributed by atoms with E-state index >= 15 is 0 Å². The summed E-state index contributed by atoms with van der Waals surface area (Å²) in [6, 6.07) is 0. The molecular weight excluding hydrogens is 248 g/mol. The molecule has 0 saturated carbocycles. The highest BCUT2D eigenvalue weighted by molar-refractivity contribution is 5.89. The van der Waals surface area contributed by atoms with Crippen LogP contribution in [0.25, 0.3) is 0 Å². The monoisotopic (exact) mass is 280 g/mol. The molecule has 0 spiro atoms. The van der Waals surface area contributed by atoms with E-state index in [-0.39, 0.29) is 5.78 Å². The van der Waals surface area contributed by atoms with E-state index in [0.29, 0.717) is 12.8 Å². The summed E-state index contributed by atoms with van der Waals surface area (Å²) < 4.78 is 0. The second-order valence-electron chi connectivity index (χ2n) is 5.38. The first-order valence-corrected chi connectivity index (χ1v) is 8.24. The maximum atomic E-state index is 11.6. The Labute approximate surface area is 125 Å². The SMILES string of the molecule is CC/C=C\CC(O)/C=C/C(=O)CCCCCCCCC. The smallest absolute Gasteiger partial charge is 0.155 e. The van der Waals surface area contributed by atoms with Crippen molar-refractivity contribution >= 4 is 5.78 Å². The summed E-state index contributed by atoms with van der Waals surface area (Å²) in [5.41, 5.74) is 0. The molecule has 0 aliphatic rings. The Morgan fingerprint density at radius 1 is 1.00 bits per heavy atom. The molecule has 1 atom stereocenters. The fourth-order valence-corrected chi connectivity index (χ4v) is 2.04. The first-order valence-electron chi connectivity index (χ1n) is 8.24. The van der Waals surface area contributed by atoms with Crippen molar-refractivity contribution in [2.75, 3.05) is 0 Å². The van der Waals surface area contributed by atoms with Crippen LogP contribution in [-0.4, -0.2) is 17.0 Å². The van der Waals surface area contributed by atoms with E-state index in [9.17, 15) is 9.90 Å². The zero-order valence-electron chi connectivity index (χ0n) is 13.3. The second-order valence-corrected chi connectivity index (χ2v) is 5.38. The quantitative estimate of drug-likeness (QED) is 0.294. The molecule has 0 fully saturated rings. The van der Waals surface area contributed by atoms with Crippen LogP contribution in [0.15, 0.2) is 24.3 Å². The largest absolute Gasteiger partial charge is 0.389 e. The van der Waals surface area contributed by atoms with Gasteiger partial charge in [-0.25, -0.2) is 0 Å². The van der Waals surface area contributed by atoms with E-state index < -0.39 is 6.10 Å². The Balaban J connectivity index is 3.54. The van der Waals surface area contributed by atoms with Gasteiger partial charge in [0.25, 0.3) is 0 Å². The van der Waals surface area contributed by atoms with Gasteiger partial charge in [-0.3, -0.25) is 4.79 Å². The molecule has 0 aromatic rings. The first-order chi connectivity index (χ1) is 9.70. The summed E-state index contributed by atoms with van der Waals surface area (Å²) in [5.74, 6) is 0.136. The zero-order chi connectivity index (χ0) is 15.1. The summed E-state index contributed by atoms with van der Waals surface area (Å²) in [6.07, 6.45) is 17.4. The van der Waals surface area contributed by atoms with E-state index in [1.807, 2.05) is 12.2 Å². The topological polar surface area (TPSA) is 37.3 Å². The average Bonchev–Trinajstić information content (AvgIpc) is 2.44. The van der Waals surface area contributed by atoms with Gasteiger partial charge < -0.3 is 5.11 Å². The molecular formula is C18H32O2. The van der Waals surface area contributed by atoms with Crippen molar-refractivity contribution in [2.24, 2.45) is 0 Å². The van der Waals surface area contributed by atoms with Crippen LogP contribution in [0.3, 0.4) is 0 Å². The fourth-order valence-electron chi connectivity index (χ4n) is 2.04. The average molecular weight is 280 g/mol. The molecule has 0 radical (unpaired) electrons. The Morgan fingerprint density at radius 2 is 1.65 bits per heavy atom. The van der Waals surface area contributed by atoms with Gasteiger partial charge >= 0.3 is 0 Å². The molecule has 0 rings (SSSR count). The summed E-state index contributed by atoms with van der Waals surface area (Å²) in [6.45, 7) is 4.28. The molecule has 20 heavy (non-hydrogen) atoms. The molecule has 0 aliphatic heterocycles. The molecule has 116 valence electrons. The maximum Gasteiger partial charge on any atom is 0.155 e. The lowest BCUT2D eigenvalue weighted by atomic mass is 10.1. The van der Waals surface area contributed by atoms with Gasteiger partial charge in [-0.1, -0.05) is 70.6 Å². The number of carbonyl (C=O) groups is 1. The van der Waals surface area contributed by atoms with Crippen LogP contribution < -0.4 is 0 Å². The van der Waals surface area contributed by atoms with Gasteiger partial charge in [0.15, 0.2) is 5.78 Å². The highest BCUT2D eigenvalue weighted by atomic mass is 16.3. The predicted molar refractivity (Wildman–Crippen MR) is 86.8 cm³/mol. The Hall–Kier alpha value is -0.890. The van der Waals surface area contributed by atoms with Gasteiger partial charge in [0.05, 0.1) is 6.10 Å². The van der Waals surface area contributed by atoms with Gasteiger partial charge in [-0.05, 0) is 25.3 Å². The van der Waals surface area contributed by atoms with Crippen LogP contribution in [0.5, 0.6) is 0 Å². The number of ketones is 1. The Kier molecular flexibility index (Phi) is 13.9. The van der Waals surface area contributed by atoms with Gasteiger partial charge in [0, 0.05) is 6.42 Å². The molecule has 2 heteroatoms. The highest BCUT2D eigenvalue weighted by Gasteiger charge is 2.00. The number of hydrogen-bond donors (Lipinski definition) is 1. The predicted octanol–water partition coefficient (Wildman–Crippen LogP) is 4.97. The second kappa shape index (κ2) is 14.5. The Morgan fingerprint density at radius 3 is 2.30 bits per heavy atom. The summed E-state index contributed by atoms with van der Waals surface area (Å²) in [4.78, 5) is 11.6. The highest BCUT2D eigenvalue weighted by Crippen LogP contribution is 2.09. The molecule has 0 bridgehead atoms. The summed E-state index contributed by atoms with van der Waals surface area (Å²) in [5, 5.41) is 9.63. The lowest BCUT2D eigenvalue weighted by Crippen LogP contribution is -2.01. The molecule has 2 nitrogen and oxygen atoms in total. The van der Waals surface area contributed by atoms with E-state index in [1.54, 1.807) is 12.2 Å². The van der Waals surface area contributed by atoms with Crippen molar-refractivity contribution in [3.8, 4) is 0 Å². The number of aliphatic hydroxyl groups excluding tert-OH is 1. The normalized spacial score (nSPS) is 13.3. The van der Waals surface area contributed by atoms with Crippen LogP contribution in [0, 0.1) is 0 Å². The molecule has 0 aliphatic carbocycles. The number of allylic oxidation sites excluding steroid dienone is 2. The summed E-state index contributed by atoms with van der Waals surface area (Å²) in [7, 11) is 0. The fraction of sp³-hybridized carbons (Fsp3) is 0.722. The third-order valence-corrected chi connectivity index (χ3v) is 3.31. The molecule has 1 N–H and O–H groups in total. The van der Waals surface area contributed by atoms with Crippen LogP contribution in [0.2, 0.25) is 0 Å². The number of unbranched alkanes of at least 4 members (excludes halogenated alkanes) is 6. The Bertz CT molecular complexity index is 279. The molecule has 0 aromatic carbocycles. The minimum Gasteiger partial charge on any atom is -0.389 e. The molecule has 0 heterocycles. The molecule has 0 saturated heterocycles. The van der Waals surface area contributed by atoms with Crippen LogP contribution in [-0.2, 0) is 4.79 Å². The van der Waals surface area contributed by atoms with Crippen molar-refractivity contribution < 1.29 is 9.90 Å². The number of hydrogen-bond acceptors (Lipinski definition) is 2. The molecule has 0 amide bonds. The van der Waals surface area contributed by atoms with Gasteiger partial charge in [-0.15, -0.1) is 0 Å². The molecule has 0 aromatic heterocycles. The van der Waals surface area contributed by atoms with E-state index in [0.717, 1.165) is 19.3 Å². The third-order valence-electron chi connectivity index (χ3n) is 3.31. The van der Waals surface area contributed by atoms with Crippen LogP contribution >= 0.6 is 0 Å². The van der Waals surface area contributed by atoms with Gasteiger partial charge in [-0.2, -0.15) is 0 Å². The van der Waals surface area contributed by atoms with Gasteiger partial charge in [0.2, 0.25) is 0 Å². The van der Waals surface area contributed by atoms with Crippen molar-refractivity contribution in [3.63, 3.8) is 0 Å². The van der Waals surface area contributed by atoms with Crippen LogP contribution in [0.1, 0.15) is 78.1 Å². The van der Waals surface area contributed by atoms with Crippen molar-refractivity contribution in [2.45, 2.75) is 84.2 Å².